The number of hydrogen-bond donors (Lipinski definition) is 0. The van der Waals surface area contributed by atoms with Crippen LogP contribution in [-0.2, 0) is 19.1 Å². The average molecular weight is 473 g/mol. The van der Waals surface area contributed by atoms with Gasteiger partial charge in [-0.15, -0.1) is 0 Å². The molecule has 6 nitrogen and oxygen atoms in total. The second kappa shape index (κ2) is 10.00. The van der Waals surface area contributed by atoms with Crippen LogP contribution in [0.25, 0.3) is 0 Å². The fraction of sp³-hybridized carbons (Fsp3) is 0.320. The smallest absolute Gasteiger partial charge is 0.422 e. The summed E-state index contributed by atoms with van der Waals surface area (Å²) in [6, 6.07) is 17.6. The molecule has 0 aliphatic heterocycles. The molecular weight excluding hydrogens is 451 g/mol. The number of nitriles is 1. The number of rotatable bonds is 8. The van der Waals surface area contributed by atoms with Gasteiger partial charge < -0.3 is 14.2 Å². The number of ether oxygens (including phenoxy) is 3. The maximum Gasteiger partial charge on any atom is 0.422 e. The van der Waals surface area contributed by atoms with Gasteiger partial charge in [0, 0.05) is 11.6 Å². The van der Waals surface area contributed by atoms with Gasteiger partial charge >= 0.3 is 18.1 Å². The highest BCUT2D eigenvalue weighted by atomic mass is 19.4. The summed E-state index contributed by atoms with van der Waals surface area (Å²) in [5, 5.41) is 9.57. The van der Waals surface area contributed by atoms with Gasteiger partial charge in [-0.05, 0) is 35.6 Å². The molecule has 178 valence electrons. The van der Waals surface area contributed by atoms with Crippen molar-refractivity contribution in [1.29, 1.82) is 5.26 Å². The van der Waals surface area contributed by atoms with E-state index in [2.05, 4.69) is 4.74 Å². The van der Waals surface area contributed by atoms with Gasteiger partial charge in [0.25, 0.3) is 0 Å². The van der Waals surface area contributed by atoms with E-state index in [1.54, 1.807) is 50.2 Å². The van der Waals surface area contributed by atoms with Gasteiger partial charge in [0.2, 0.25) is 6.10 Å². The van der Waals surface area contributed by atoms with Crippen molar-refractivity contribution in [2.24, 2.45) is 17.3 Å². The zero-order chi connectivity index (χ0) is 24.9. The van der Waals surface area contributed by atoms with Crippen molar-refractivity contribution >= 4 is 11.9 Å². The molecule has 9 heteroatoms. The summed E-state index contributed by atoms with van der Waals surface area (Å²) < 4.78 is 51.7. The summed E-state index contributed by atoms with van der Waals surface area (Å²) in [4.78, 5) is 24.2. The number of benzene rings is 2. The van der Waals surface area contributed by atoms with E-state index in [-0.39, 0.29) is 0 Å². The molecule has 2 aromatic rings. The van der Waals surface area contributed by atoms with Crippen molar-refractivity contribution in [1.82, 2.24) is 0 Å². The molecule has 0 heterocycles. The third-order valence-corrected chi connectivity index (χ3v) is 5.47. The molecule has 0 bridgehead atoms. The zero-order valence-corrected chi connectivity index (χ0v) is 18.4. The second-order valence-corrected chi connectivity index (χ2v) is 8.34. The molecule has 2 aromatic carbocycles. The minimum Gasteiger partial charge on any atom is -0.457 e. The van der Waals surface area contributed by atoms with Crippen molar-refractivity contribution < 1.29 is 37.0 Å². The number of hydrogen-bond acceptors (Lipinski definition) is 6. The lowest BCUT2D eigenvalue weighted by Crippen LogP contribution is -2.19. The number of carbonyl (C=O) groups excluding carboxylic acids is 2. The molecule has 1 fully saturated rings. The molecule has 0 saturated heterocycles. The lowest BCUT2D eigenvalue weighted by atomic mass is 10.1. The third kappa shape index (κ3) is 6.38. The van der Waals surface area contributed by atoms with E-state index in [4.69, 9.17) is 9.47 Å². The van der Waals surface area contributed by atoms with E-state index in [0.29, 0.717) is 17.1 Å². The molecule has 0 N–H and O–H groups in total. The van der Waals surface area contributed by atoms with Gasteiger partial charge in [-0.2, -0.15) is 18.4 Å². The van der Waals surface area contributed by atoms with Crippen LogP contribution in [0.5, 0.6) is 11.5 Å². The largest absolute Gasteiger partial charge is 0.457 e. The summed E-state index contributed by atoms with van der Waals surface area (Å²) in [5.41, 5.74) is -0.179. The number of alkyl halides is 3. The Hall–Kier alpha value is -3.80. The van der Waals surface area contributed by atoms with Crippen LogP contribution in [0.4, 0.5) is 13.2 Å². The second-order valence-electron chi connectivity index (χ2n) is 8.34. The Morgan fingerprint density at radius 3 is 2.44 bits per heavy atom. The molecule has 34 heavy (non-hydrogen) atoms. The highest BCUT2D eigenvalue weighted by Gasteiger charge is 2.61. The summed E-state index contributed by atoms with van der Waals surface area (Å²) in [7, 11) is 0. The van der Waals surface area contributed by atoms with Crippen LogP contribution in [-0.4, -0.2) is 24.7 Å². The Balaban J connectivity index is 1.63. The van der Waals surface area contributed by atoms with Gasteiger partial charge in [0.1, 0.15) is 17.6 Å². The number of allylic oxidation sites excluding steroid dienone is 1. The van der Waals surface area contributed by atoms with E-state index in [1.165, 1.54) is 6.08 Å². The van der Waals surface area contributed by atoms with Crippen LogP contribution in [0.3, 0.4) is 0 Å². The first-order valence-corrected chi connectivity index (χ1v) is 10.4. The maximum absolute atomic E-state index is 12.7. The molecule has 1 aliphatic carbocycles. The predicted molar refractivity (Wildman–Crippen MR) is 114 cm³/mol. The Morgan fingerprint density at radius 1 is 1.12 bits per heavy atom. The SMILES string of the molecule is CC1(C)[C@H](C(=O)O[C@H](C#N)c2cccc(Oc3ccccc3)c2)[C@@H]1C=CC(=O)OCC(F)(F)F. The Labute approximate surface area is 194 Å². The quantitative estimate of drug-likeness (QED) is 0.371. The van der Waals surface area contributed by atoms with E-state index >= 15 is 0 Å². The third-order valence-electron chi connectivity index (χ3n) is 5.47. The lowest BCUT2D eigenvalue weighted by Gasteiger charge is -2.13. The van der Waals surface area contributed by atoms with E-state index in [9.17, 15) is 28.0 Å². The number of nitrogens with zero attached hydrogens (tertiary/aromatic N) is 1. The average Bonchev–Trinajstić information content (AvgIpc) is 3.35. The monoisotopic (exact) mass is 473 g/mol. The fourth-order valence-electron chi connectivity index (χ4n) is 3.59. The Bertz CT molecular complexity index is 1110. The van der Waals surface area contributed by atoms with Crippen molar-refractivity contribution in [3.05, 3.63) is 72.3 Å². The fourth-order valence-corrected chi connectivity index (χ4v) is 3.59. The number of para-hydroxylation sites is 1. The van der Waals surface area contributed by atoms with E-state index in [1.807, 2.05) is 24.3 Å². The summed E-state index contributed by atoms with van der Waals surface area (Å²) >= 11 is 0. The van der Waals surface area contributed by atoms with Crippen LogP contribution >= 0.6 is 0 Å². The highest BCUT2D eigenvalue weighted by Crippen LogP contribution is 2.59. The van der Waals surface area contributed by atoms with Crippen molar-refractivity contribution in [3.63, 3.8) is 0 Å². The standard InChI is InChI=1S/C25H22F3NO5/c1-24(2)19(11-12-21(30)32-15-25(26,27)28)22(24)23(31)34-20(14-29)16-7-6-10-18(13-16)33-17-8-4-3-5-9-17/h3-13,19-20,22H,15H2,1-2H3/t19-,20+,22-/m0/s1. The van der Waals surface area contributed by atoms with Crippen LogP contribution in [0.1, 0.15) is 25.5 Å². The molecule has 1 aliphatic rings. The summed E-state index contributed by atoms with van der Waals surface area (Å²) in [6.45, 7) is 1.82. The van der Waals surface area contributed by atoms with Gasteiger partial charge in [0.05, 0.1) is 5.92 Å². The predicted octanol–water partition coefficient (Wildman–Crippen LogP) is 5.52. The lowest BCUT2D eigenvalue weighted by molar-refractivity contribution is -0.182. The molecule has 1 saturated carbocycles. The molecule has 3 atom stereocenters. The molecule has 0 amide bonds. The van der Waals surface area contributed by atoms with Gasteiger partial charge in [-0.1, -0.05) is 50.3 Å². The van der Waals surface area contributed by atoms with Crippen LogP contribution < -0.4 is 4.74 Å². The Kier molecular flexibility index (Phi) is 7.30. The minimum absolute atomic E-state index is 0.422. The molecule has 0 spiro atoms. The van der Waals surface area contributed by atoms with Crippen molar-refractivity contribution in [3.8, 4) is 17.6 Å². The normalized spacial score (nSPS) is 19.6. The molecule has 3 rings (SSSR count). The van der Waals surface area contributed by atoms with Crippen molar-refractivity contribution in [2.75, 3.05) is 6.61 Å². The number of carbonyl (C=O) groups is 2. The van der Waals surface area contributed by atoms with E-state index < -0.39 is 48.1 Å². The summed E-state index contributed by atoms with van der Waals surface area (Å²) in [6.07, 6.45) is -3.60. The first-order valence-electron chi connectivity index (χ1n) is 10.4. The molecular formula is C25H22F3NO5. The van der Waals surface area contributed by atoms with Gasteiger partial charge in [0.15, 0.2) is 6.61 Å². The first kappa shape index (κ1) is 24.8. The van der Waals surface area contributed by atoms with Gasteiger partial charge in [-0.25, -0.2) is 4.79 Å². The number of esters is 2. The molecule has 0 aromatic heterocycles. The van der Waals surface area contributed by atoms with Crippen LogP contribution in [0.15, 0.2) is 66.7 Å². The van der Waals surface area contributed by atoms with Crippen LogP contribution in [0.2, 0.25) is 0 Å². The summed E-state index contributed by atoms with van der Waals surface area (Å²) in [5.74, 6) is -1.86. The maximum atomic E-state index is 12.7. The topological polar surface area (TPSA) is 85.6 Å². The van der Waals surface area contributed by atoms with Crippen LogP contribution in [0, 0.1) is 28.6 Å². The molecule has 0 radical (unpaired) electrons. The minimum atomic E-state index is -4.62. The zero-order valence-electron chi connectivity index (χ0n) is 18.4. The van der Waals surface area contributed by atoms with Crippen molar-refractivity contribution in [2.45, 2.75) is 26.1 Å². The Morgan fingerprint density at radius 2 is 1.79 bits per heavy atom. The number of halogens is 3. The molecule has 0 unspecified atom stereocenters. The van der Waals surface area contributed by atoms with Gasteiger partial charge in [-0.3, -0.25) is 4.79 Å². The first-order chi connectivity index (χ1) is 16.0. The van der Waals surface area contributed by atoms with E-state index in [0.717, 1.165) is 6.08 Å². The highest BCUT2D eigenvalue weighted by molar-refractivity contribution is 5.83.